The minimum Gasteiger partial charge on any atom is -0.468 e. The van der Waals surface area contributed by atoms with Gasteiger partial charge in [-0.2, -0.15) is 0 Å². The Hall–Kier alpha value is -1.57. The van der Waals surface area contributed by atoms with Gasteiger partial charge < -0.3 is 14.2 Å². The van der Waals surface area contributed by atoms with E-state index in [0.29, 0.717) is 5.62 Å². The van der Waals surface area contributed by atoms with Gasteiger partial charge in [0.1, 0.15) is 0 Å². The van der Waals surface area contributed by atoms with E-state index in [1.54, 1.807) is 6.92 Å². The second-order valence-electron chi connectivity index (χ2n) is 3.65. The van der Waals surface area contributed by atoms with Crippen LogP contribution in [0.15, 0.2) is 0 Å². The summed E-state index contributed by atoms with van der Waals surface area (Å²) in [5, 5.41) is -0.710. The normalized spacial score (nSPS) is 12.9. The largest absolute Gasteiger partial charge is 0.468 e. The summed E-state index contributed by atoms with van der Waals surface area (Å²) >= 11 is 0.761. The number of carbonyl (C=O) groups excluding carboxylic acids is 4. The maximum Gasteiger partial charge on any atom is 0.321 e. The fourth-order valence-electron chi connectivity index (χ4n) is 1.46. The first-order valence-corrected chi connectivity index (χ1v) is 6.89. The first-order valence-electron chi connectivity index (χ1n) is 5.94. The second kappa shape index (κ2) is 10.2. The third kappa shape index (κ3) is 6.55. The Labute approximate surface area is 121 Å². The summed E-state index contributed by atoms with van der Waals surface area (Å²) in [6.07, 6.45) is 0.154. The Morgan fingerprint density at radius 3 is 2.30 bits per heavy atom. The van der Waals surface area contributed by atoms with E-state index in [1.165, 1.54) is 6.92 Å². The van der Waals surface area contributed by atoms with E-state index in [1.807, 2.05) is 0 Å². The van der Waals surface area contributed by atoms with E-state index < -0.39 is 29.1 Å². The van der Waals surface area contributed by atoms with Crippen LogP contribution < -0.4 is 0 Å². The number of rotatable bonds is 9. The topological polar surface area (TPSA) is 96.0 Å². The molecule has 2 atom stereocenters. The molecule has 0 aromatic heterocycles. The second-order valence-corrected chi connectivity index (χ2v) is 4.72. The number of hydrogen-bond donors (Lipinski definition) is 0. The lowest BCUT2D eigenvalue weighted by atomic mass is 10.0. The molecule has 0 rings (SSSR count). The molecule has 0 aromatic rings. The smallest absolute Gasteiger partial charge is 0.321 e. The average molecular weight is 306 g/mol. The van der Waals surface area contributed by atoms with Crippen LogP contribution in [0.3, 0.4) is 0 Å². The Bertz CT molecular complexity index is 356. The molecule has 0 N–H and O–H groups in total. The first-order chi connectivity index (χ1) is 9.47. The quantitative estimate of drug-likeness (QED) is 0.264. The van der Waals surface area contributed by atoms with Crippen molar-refractivity contribution in [1.82, 2.24) is 0 Å². The molecule has 0 aliphatic rings. The number of methoxy groups -OCH3 is 1. The van der Waals surface area contributed by atoms with Crippen LogP contribution in [-0.4, -0.2) is 49.1 Å². The van der Waals surface area contributed by atoms with Crippen molar-refractivity contribution in [3.05, 3.63) is 0 Å². The molecule has 0 aromatic carbocycles. The third-order valence-electron chi connectivity index (χ3n) is 2.31. The molecular weight excluding hydrogens is 288 g/mol. The molecule has 0 saturated carbocycles. The number of carbonyl (C=O) groups is 4. The molecule has 0 aliphatic heterocycles. The molecule has 20 heavy (non-hydrogen) atoms. The summed E-state index contributed by atoms with van der Waals surface area (Å²) in [6.45, 7) is 2.94. The third-order valence-corrected chi connectivity index (χ3v) is 3.27. The summed E-state index contributed by atoms with van der Waals surface area (Å²) in [5.41, 5.74) is 0.521. The molecular formula is C12H18O7S. The lowest BCUT2D eigenvalue weighted by Crippen LogP contribution is -2.36. The average Bonchev–Trinajstić information content (AvgIpc) is 2.38. The molecule has 0 spiro atoms. The van der Waals surface area contributed by atoms with Crippen molar-refractivity contribution in [2.75, 3.05) is 20.3 Å². The van der Waals surface area contributed by atoms with Gasteiger partial charge in [-0.15, -0.1) is 0 Å². The molecule has 0 fully saturated rings. The van der Waals surface area contributed by atoms with E-state index in [9.17, 15) is 19.2 Å². The van der Waals surface area contributed by atoms with Crippen molar-refractivity contribution in [3.8, 4) is 0 Å². The number of ether oxygens (including phenoxy) is 3. The van der Waals surface area contributed by atoms with Gasteiger partial charge in [-0.1, -0.05) is 11.8 Å². The first kappa shape index (κ1) is 18.4. The highest BCUT2D eigenvalue weighted by atomic mass is 32.2. The van der Waals surface area contributed by atoms with Crippen LogP contribution >= 0.6 is 11.8 Å². The fourth-order valence-corrected chi connectivity index (χ4v) is 2.22. The van der Waals surface area contributed by atoms with E-state index in [0.717, 1.165) is 18.9 Å². The van der Waals surface area contributed by atoms with Crippen LogP contribution in [0.5, 0.6) is 0 Å². The van der Waals surface area contributed by atoms with Gasteiger partial charge in [-0.05, 0) is 13.3 Å². The molecule has 114 valence electrons. The van der Waals surface area contributed by atoms with E-state index in [-0.39, 0.29) is 19.6 Å². The Kier molecular flexibility index (Phi) is 9.44. The fraction of sp³-hybridized carbons (Fsp3) is 0.667. The highest BCUT2D eigenvalue weighted by Crippen LogP contribution is 2.24. The van der Waals surface area contributed by atoms with Gasteiger partial charge in [0.05, 0.1) is 20.3 Å². The van der Waals surface area contributed by atoms with Crippen molar-refractivity contribution in [1.29, 1.82) is 0 Å². The molecule has 7 nitrogen and oxygen atoms in total. The number of thioether (sulfide) groups is 1. The van der Waals surface area contributed by atoms with Crippen molar-refractivity contribution in [2.24, 2.45) is 5.92 Å². The zero-order valence-corrected chi connectivity index (χ0v) is 12.4. The molecule has 8 heteroatoms. The van der Waals surface area contributed by atoms with Crippen molar-refractivity contribution in [3.63, 3.8) is 0 Å². The van der Waals surface area contributed by atoms with Gasteiger partial charge >= 0.3 is 17.9 Å². The van der Waals surface area contributed by atoms with E-state index in [4.69, 9.17) is 9.47 Å². The predicted molar refractivity (Wildman–Crippen MR) is 71.5 cm³/mol. The zero-order chi connectivity index (χ0) is 15.5. The number of hydrogen-bond acceptors (Lipinski definition) is 8. The molecule has 0 amide bonds. The lowest BCUT2D eigenvalue weighted by molar-refractivity contribution is -0.160. The summed E-state index contributed by atoms with van der Waals surface area (Å²) in [5.74, 6) is -3.26. The highest BCUT2D eigenvalue weighted by Gasteiger charge is 2.37. The summed E-state index contributed by atoms with van der Waals surface area (Å²) < 4.78 is 14.1. The molecule has 0 heterocycles. The monoisotopic (exact) mass is 306 g/mol. The van der Waals surface area contributed by atoms with Crippen molar-refractivity contribution < 1.29 is 33.4 Å². The van der Waals surface area contributed by atoms with Gasteiger partial charge in [-0.25, -0.2) is 0 Å². The van der Waals surface area contributed by atoms with Crippen molar-refractivity contribution in [2.45, 2.75) is 25.5 Å². The minimum absolute atomic E-state index is 0.00621. The van der Waals surface area contributed by atoms with Crippen LogP contribution in [0.25, 0.3) is 0 Å². The van der Waals surface area contributed by atoms with Crippen LogP contribution in [0.2, 0.25) is 0 Å². The molecule has 0 bridgehead atoms. The van der Waals surface area contributed by atoms with E-state index >= 15 is 0 Å². The molecule has 2 unspecified atom stereocenters. The summed E-state index contributed by atoms with van der Waals surface area (Å²) in [4.78, 5) is 44.8. The highest BCUT2D eigenvalue weighted by molar-refractivity contribution is 8.12. The SMILES string of the molecule is CCOC(=O)C(C(=O)OC)C(CCOC(C)=O)SC=O. The van der Waals surface area contributed by atoms with Gasteiger partial charge in [0.25, 0.3) is 0 Å². The predicted octanol–water partition coefficient (Wildman–Crippen LogP) is 0.584. The van der Waals surface area contributed by atoms with Crippen LogP contribution in [0, 0.1) is 5.92 Å². The summed E-state index contributed by atoms with van der Waals surface area (Å²) in [7, 11) is 1.14. The Morgan fingerprint density at radius 2 is 1.85 bits per heavy atom. The van der Waals surface area contributed by atoms with Crippen LogP contribution in [0.4, 0.5) is 0 Å². The van der Waals surface area contributed by atoms with Gasteiger partial charge in [-0.3, -0.25) is 19.2 Å². The standard InChI is InChI=1S/C12H18O7S/c1-4-18-12(16)10(11(15)17-3)9(20-7-13)5-6-19-8(2)14/h7,9-10H,4-6H2,1-3H3. The molecule has 0 saturated heterocycles. The number of esters is 3. The summed E-state index contributed by atoms with van der Waals surface area (Å²) in [6, 6.07) is 0. The minimum atomic E-state index is -1.23. The van der Waals surface area contributed by atoms with Gasteiger partial charge in [0.15, 0.2) is 11.5 Å². The van der Waals surface area contributed by atoms with Crippen molar-refractivity contribution >= 4 is 35.3 Å². The zero-order valence-electron chi connectivity index (χ0n) is 11.6. The van der Waals surface area contributed by atoms with Gasteiger partial charge in [0.2, 0.25) is 0 Å². The maximum atomic E-state index is 11.8. The molecule has 0 aliphatic carbocycles. The lowest BCUT2D eigenvalue weighted by Gasteiger charge is -2.21. The molecule has 0 radical (unpaired) electrons. The Morgan fingerprint density at radius 1 is 1.20 bits per heavy atom. The van der Waals surface area contributed by atoms with E-state index in [2.05, 4.69) is 4.74 Å². The Balaban J connectivity index is 4.90. The van der Waals surface area contributed by atoms with Crippen LogP contribution in [-0.2, 0) is 33.4 Å². The van der Waals surface area contributed by atoms with Gasteiger partial charge in [0, 0.05) is 12.2 Å². The maximum absolute atomic E-state index is 11.8. The van der Waals surface area contributed by atoms with Crippen LogP contribution in [0.1, 0.15) is 20.3 Å².